The van der Waals surface area contributed by atoms with Gasteiger partial charge in [-0.15, -0.1) is 0 Å². The third-order valence-electron chi connectivity index (χ3n) is 6.83. The van der Waals surface area contributed by atoms with Crippen molar-refractivity contribution in [2.45, 2.75) is 51.9 Å². The highest BCUT2D eigenvalue weighted by molar-refractivity contribution is 6.10. The van der Waals surface area contributed by atoms with Crippen molar-refractivity contribution >= 4 is 17.5 Å². The lowest BCUT2D eigenvalue weighted by molar-refractivity contribution is -0.147. The average molecular weight is 459 g/mol. The number of likely N-dealkylation sites (tertiary alicyclic amines) is 1. The van der Waals surface area contributed by atoms with E-state index in [-0.39, 0.29) is 37.5 Å². The number of Topliss-reactive ketones (excluding diaryl/α,β-unsaturated/α-hetero) is 2. The van der Waals surface area contributed by atoms with Crippen molar-refractivity contribution in [3.8, 4) is 11.4 Å². The van der Waals surface area contributed by atoms with Crippen LogP contribution in [0.2, 0.25) is 0 Å². The molecule has 9 heteroatoms. The molecule has 1 saturated carbocycles. The maximum atomic E-state index is 13.2. The first-order valence-electron chi connectivity index (χ1n) is 10.8. The summed E-state index contributed by atoms with van der Waals surface area (Å²) in [5.74, 6) is -2.64. The molecule has 1 saturated heterocycles. The smallest absolute Gasteiger partial charge is 0.315 e. The predicted octanol–water partition coefficient (Wildman–Crippen LogP) is 3.79. The molecule has 1 spiro atoms. The van der Waals surface area contributed by atoms with Crippen LogP contribution in [0, 0.1) is 25.1 Å². The quantitative estimate of drug-likeness (QED) is 0.653. The number of aromatic nitrogens is 2. The zero-order valence-electron chi connectivity index (χ0n) is 18.4. The van der Waals surface area contributed by atoms with E-state index in [1.807, 2.05) is 13.8 Å². The van der Waals surface area contributed by atoms with E-state index in [0.717, 1.165) is 28.4 Å². The van der Waals surface area contributed by atoms with Gasteiger partial charge in [-0.25, -0.2) is 14.4 Å². The molecule has 1 aromatic carbocycles. The summed E-state index contributed by atoms with van der Waals surface area (Å²) in [5.41, 5.74) is 2.25. The summed E-state index contributed by atoms with van der Waals surface area (Å²) < 4.78 is 38.6. The lowest BCUT2D eigenvalue weighted by Crippen LogP contribution is -2.49. The number of halogens is 3. The number of ketones is 2. The molecule has 2 aromatic rings. The van der Waals surface area contributed by atoms with Crippen molar-refractivity contribution in [3.05, 3.63) is 47.0 Å². The molecule has 0 radical (unpaired) electrons. The van der Waals surface area contributed by atoms with Crippen LogP contribution in [0.15, 0.2) is 24.5 Å². The second-order valence-corrected chi connectivity index (χ2v) is 9.09. The molecule has 1 amide bonds. The zero-order valence-corrected chi connectivity index (χ0v) is 18.4. The van der Waals surface area contributed by atoms with Gasteiger partial charge < -0.3 is 4.90 Å². The maximum absolute atomic E-state index is 13.2. The number of amides is 1. The van der Waals surface area contributed by atoms with Crippen LogP contribution in [0.3, 0.4) is 0 Å². The normalized spacial score (nSPS) is 18.9. The molecule has 2 heterocycles. The Morgan fingerprint density at radius 1 is 1.03 bits per heavy atom. The average Bonchev–Trinajstić information content (AvgIpc) is 2.75. The van der Waals surface area contributed by atoms with Crippen LogP contribution in [0.25, 0.3) is 11.4 Å². The van der Waals surface area contributed by atoms with Crippen molar-refractivity contribution in [1.82, 2.24) is 14.9 Å². The van der Waals surface area contributed by atoms with Crippen LogP contribution in [0.4, 0.5) is 13.2 Å². The number of nitrogens with zero attached hydrogens (tertiary/aromatic N) is 3. The Morgan fingerprint density at radius 3 is 2.03 bits per heavy atom. The van der Waals surface area contributed by atoms with Crippen molar-refractivity contribution in [2.75, 3.05) is 13.1 Å². The van der Waals surface area contributed by atoms with Gasteiger partial charge in [-0.1, -0.05) is 0 Å². The van der Waals surface area contributed by atoms with E-state index in [4.69, 9.17) is 0 Å². The van der Waals surface area contributed by atoms with E-state index < -0.39 is 29.5 Å². The summed E-state index contributed by atoms with van der Waals surface area (Å²) in [4.78, 5) is 47.1. The minimum Gasteiger partial charge on any atom is -0.338 e. The molecule has 1 aromatic heterocycles. The summed E-state index contributed by atoms with van der Waals surface area (Å²) >= 11 is 0. The highest BCUT2D eigenvalue weighted by atomic mass is 19.3. The third kappa shape index (κ3) is 4.41. The van der Waals surface area contributed by atoms with Crippen LogP contribution in [0.5, 0.6) is 0 Å². The molecule has 33 heavy (non-hydrogen) atoms. The van der Waals surface area contributed by atoms with Gasteiger partial charge in [-0.2, -0.15) is 8.78 Å². The molecule has 0 N–H and O–H groups in total. The van der Waals surface area contributed by atoms with Crippen LogP contribution >= 0.6 is 0 Å². The Hall–Kier alpha value is -3.10. The van der Waals surface area contributed by atoms with Gasteiger partial charge in [0.1, 0.15) is 17.5 Å². The number of rotatable bonds is 3. The highest BCUT2D eigenvalue weighted by Gasteiger charge is 2.48. The molecule has 0 atom stereocenters. The van der Waals surface area contributed by atoms with E-state index >= 15 is 0 Å². The lowest BCUT2D eigenvalue weighted by atomic mass is 9.62. The summed E-state index contributed by atoms with van der Waals surface area (Å²) in [6.45, 7) is 3.88. The predicted molar refractivity (Wildman–Crippen MR) is 113 cm³/mol. The van der Waals surface area contributed by atoms with Gasteiger partial charge in [0.05, 0.1) is 12.4 Å². The Morgan fingerprint density at radius 2 is 1.55 bits per heavy atom. The number of hydrogen-bond acceptors (Lipinski definition) is 5. The number of aryl methyl sites for hydroxylation is 2. The van der Waals surface area contributed by atoms with Crippen molar-refractivity contribution in [2.24, 2.45) is 5.41 Å². The fourth-order valence-corrected chi connectivity index (χ4v) is 5.22. The second kappa shape index (κ2) is 8.68. The van der Waals surface area contributed by atoms with Crippen LogP contribution in [-0.2, 0) is 14.4 Å². The van der Waals surface area contributed by atoms with E-state index in [2.05, 4.69) is 9.97 Å². The van der Waals surface area contributed by atoms with E-state index in [1.54, 1.807) is 12.1 Å². The van der Waals surface area contributed by atoms with Gasteiger partial charge in [-0.05, 0) is 60.9 Å². The maximum Gasteiger partial charge on any atom is 0.315 e. The summed E-state index contributed by atoms with van der Waals surface area (Å²) in [5, 5.41) is 0. The van der Waals surface area contributed by atoms with Crippen LogP contribution < -0.4 is 0 Å². The molecule has 2 fully saturated rings. The van der Waals surface area contributed by atoms with Gasteiger partial charge in [0.15, 0.2) is 11.6 Å². The highest BCUT2D eigenvalue weighted by Crippen LogP contribution is 2.47. The second-order valence-electron chi connectivity index (χ2n) is 9.09. The van der Waals surface area contributed by atoms with Crippen molar-refractivity contribution in [3.63, 3.8) is 0 Å². The first-order valence-corrected chi connectivity index (χ1v) is 10.8. The van der Waals surface area contributed by atoms with E-state index in [0.29, 0.717) is 29.8 Å². The van der Waals surface area contributed by atoms with Crippen LogP contribution in [0.1, 0.15) is 48.3 Å². The summed E-state index contributed by atoms with van der Waals surface area (Å²) in [6.07, 6.45) is 0.183. The number of hydrogen-bond donors (Lipinski definition) is 0. The first-order chi connectivity index (χ1) is 15.6. The molecule has 1 aliphatic heterocycles. The van der Waals surface area contributed by atoms with Gasteiger partial charge in [0, 0.05) is 31.5 Å². The lowest BCUT2D eigenvalue weighted by Gasteiger charge is -2.44. The third-order valence-corrected chi connectivity index (χ3v) is 6.83. The standard InChI is InChI=1S/C24H24F3N3O3/c1-13-7-15(22-28-11-16(25)12-29-22)8-14(2)19(13)20-17(31)9-24(10-18(20)32)3-5-30(6-4-24)23(33)21(26)27/h7-8,11-12,20-21H,3-6,9-10H2,1-2H3. The minimum atomic E-state index is -3.05. The number of piperidine rings is 1. The van der Waals surface area contributed by atoms with E-state index in [1.165, 1.54) is 0 Å². The Bertz CT molecular complexity index is 1070. The topological polar surface area (TPSA) is 80.2 Å². The first kappa shape index (κ1) is 23.1. The van der Waals surface area contributed by atoms with Crippen molar-refractivity contribution < 1.29 is 27.6 Å². The molecular formula is C24H24F3N3O3. The molecule has 4 rings (SSSR count). The van der Waals surface area contributed by atoms with Gasteiger partial charge >= 0.3 is 6.43 Å². The van der Waals surface area contributed by atoms with Crippen molar-refractivity contribution in [1.29, 1.82) is 0 Å². The molecule has 6 nitrogen and oxygen atoms in total. The fourth-order valence-electron chi connectivity index (χ4n) is 5.22. The number of benzene rings is 1. The molecule has 174 valence electrons. The SMILES string of the molecule is Cc1cc(-c2ncc(F)cn2)cc(C)c1C1C(=O)CC2(CCN(C(=O)C(F)F)CC2)CC1=O. The number of alkyl halides is 2. The van der Waals surface area contributed by atoms with Gasteiger partial charge in [-0.3, -0.25) is 14.4 Å². The van der Waals surface area contributed by atoms with Gasteiger partial charge in [0.2, 0.25) is 0 Å². The summed E-state index contributed by atoms with van der Waals surface area (Å²) in [6, 6.07) is 3.57. The monoisotopic (exact) mass is 459 g/mol. The van der Waals surface area contributed by atoms with Gasteiger partial charge in [0.25, 0.3) is 5.91 Å². The Kier molecular flexibility index (Phi) is 6.07. The molecule has 1 aliphatic carbocycles. The molecule has 0 unspecified atom stereocenters. The number of carbonyl (C=O) groups excluding carboxylic acids is 3. The fraction of sp³-hybridized carbons (Fsp3) is 0.458. The minimum absolute atomic E-state index is 0.124. The molecule has 2 aliphatic rings. The largest absolute Gasteiger partial charge is 0.338 e. The van der Waals surface area contributed by atoms with E-state index in [9.17, 15) is 27.6 Å². The molecular weight excluding hydrogens is 435 g/mol. The Balaban J connectivity index is 1.55. The molecule has 0 bridgehead atoms. The van der Waals surface area contributed by atoms with Crippen LogP contribution in [-0.4, -0.2) is 51.9 Å². The number of carbonyl (C=O) groups is 3. The Labute approximate surface area is 189 Å². The zero-order chi connectivity index (χ0) is 23.9. The summed E-state index contributed by atoms with van der Waals surface area (Å²) in [7, 11) is 0.